The van der Waals surface area contributed by atoms with Crippen molar-refractivity contribution < 1.29 is 14.3 Å². The van der Waals surface area contributed by atoms with Crippen LogP contribution in [0.3, 0.4) is 0 Å². The maximum absolute atomic E-state index is 13.2. The number of halogens is 1. The second-order valence-corrected chi connectivity index (χ2v) is 7.79. The summed E-state index contributed by atoms with van der Waals surface area (Å²) < 4.78 is 7.33. The van der Waals surface area contributed by atoms with Crippen molar-refractivity contribution >= 4 is 29.1 Å². The van der Waals surface area contributed by atoms with Crippen LogP contribution in [-0.2, 0) is 11.8 Å². The Morgan fingerprint density at radius 2 is 1.90 bits per heavy atom. The average molecular weight is 441 g/mol. The topological polar surface area (TPSA) is 85.2 Å². The summed E-state index contributed by atoms with van der Waals surface area (Å²) in [6, 6.07) is 11.7. The fraction of sp³-hybridized carbons (Fsp3) is 0.261. The number of ether oxygens (including phenoxy) is 1. The maximum Gasteiger partial charge on any atom is 0.253 e. The summed E-state index contributed by atoms with van der Waals surface area (Å²) in [6.07, 6.45) is 3.47. The molecule has 2 N–H and O–H groups in total. The largest absolute Gasteiger partial charge is 0.496 e. The zero-order valence-corrected chi connectivity index (χ0v) is 18.6. The van der Waals surface area contributed by atoms with Gasteiger partial charge in [-0.05, 0) is 24.3 Å². The third-order valence-corrected chi connectivity index (χ3v) is 5.17. The number of hydrogen-bond donors (Lipinski definition) is 2. The number of carbonyl (C=O) groups is 2. The molecule has 0 spiro atoms. The summed E-state index contributed by atoms with van der Waals surface area (Å²) in [5.74, 6) is 0.530. The molecular weight excluding hydrogens is 416 g/mol. The van der Waals surface area contributed by atoms with E-state index in [1.54, 1.807) is 51.6 Å². The Hall–Kier alpha value is -3.32. The highest BCUT2D eigenvalue weighted by Gasteiger charge is 2.25. The van der Waals surface area contributed by atoms with Gasteiger partial charge < -0.3 is 19.9 Å². The Morgan fingerprint density at radius 1 is 1.16 bits per heavy atom. The highest BCUT2D eigenvalue weighted by atomic mass is 35.5. The minimum Gasteiger partial charge on any atom is -0.496 e. The Bertz CT molecular complexity index is 1090. The standard InChI is InChI=1S/C23H25ClN4O3/c1-14(2)22(29)26-15-9-10-18(24)17(13-15)23(30)27-20(21-25-11-12-28(21)3)16-7-5-6-8-19(16)31-4/h5-14,20H,1-4H3,(H,26,29)(H,27,30). The van der Waals surface area contributed by atoms with E-state index in [1.807, 2.05) is 35.9 Å². The molecule has 0 saturated heterocycles. The molecule has 3 rings (SSSR count). The Kier molecular flexibility index (Phi) is 6.97. The van der Waals surface area contributed by atoms with E-state index in [9.17, 15) is 9.59 Å². The molecule has 0 radical (unpaired) electrons. The summed E-state index contributed by atoms with van der Waals surface area (Å²) in [5.41, 5.74) is 1.50. The number of benzene rings is 2. The van der Waals surface area contributed by atoms with Crippen molar-refractivity contribution in [3.05, 3.63) is 76.8 Å². The molecule has 1 atom stereocenters. The van der Waals surface area contributed by atoms with Crippen LogP contribution in [0.1, 0.15) is 41.6 Å². The van der Waals surface area contributed by atoms with Crippen molar-refractivity contribution in [2.75, 3.05) is 12.4 Å². The summed E-state index contributed by atoms with van der Waals surface area (Å²) in [6.45, 7) is 3.59. The van der Waals surface area contributed by atoms with E-state index in [2.05, 4.69) is 15.6 Å². The van der Waals surface area contributed by atoms with E-state index >= 15 is 0 Å². The number of para-hydroxylation sites is 1. The van der Waals surface area contributed by atoms with Crippen LogP contribution in [0.2, 0.25) is 5.02 Å². The molecule has 1 aromatic heterocycles. The van der Waals surface area contributed by atoms with Gasteiger partial charge in [0.15, 0.2) is 0 Å². The second kappa shape index (κ2) is 9.66. The highest BCUT2D eigenvalue weighted by molar-refractivity contribution is 6.34. The lowest BCUT2D eigenvalue weighted by molar-refractivity contribution is -0.118. The van der Waals surface area contributed by atoms with Crippen molar-refractivity contribution in [1.29, 1.82) is 0 Å². The molecule has 0 aliphatic carbocycles. The Balaban J connectivity index is 1.96. The van der Waals surface area contributed by atoms with Gasteiger partial charge in [0.2, 0.25) is 5.91 Å². The summed E-state index contributed by atoms with van der Waals surface area (Å²) in [7, 11) is 3.43. The van der Waals surface area contributed by atoms with E-state index in [4.69, 9.17) is 16.3 Å². The van der Waals surface area contributed by atoms with Crippen molar-refractivity contribution in [3.8, 4) is 5.75 Å². The molecule has 31 heavy (non-hydrogen) atoms. The van der Waals surface area contributed by atoms with Gasteiger partial charge >= 0.3 is 0 Å². The maximum atomic E-state index is 13.2. The minimum absolute atomic E-state index is 0.145. The first-order valence-electron chi connectivity index (χ1n) is 9.83. The molecule has 7 nitrogen and oxygen atoms in total. The van der Waals surface area contributed by atoms with Crippen molar-refractivity contribution in [2.45, 2.75) is 19.9 Å². The zero-order chi connectivity index (χ0) is 22.5. The van der Waals surface area contributed by atoms with E-state index in [1.165, 1.54) is 0 Å². The lowest BCUT2D eigenvalue weighted by Gasteiger charge is -2.21. The number of nitrogens with zero attached hydrogens (tertiary/aromatic N) is 2. The number of rotatable bonds is 7. The van der Waals surface area contributed by atoms with Crippen LogP contribution < -0.4 is 15.4 Å². The molecule has 0 saturated carbocycles. The number of methoxy groups -OCH3 is 1. The van der Waals surface area contributed by atoms with Gasteiger partial charge in [-0.25, -0.2) is 4.98 Å². The number of aryl methyl sites for hydroxylation is 1. The number of nitrogens with one attached hydrogen (secondary N) is 2. The van der Waals surface area contributed by atoms with Gasteiger partial charge in [-0.3, -0.25) is 9.59 Å². The third-order valence-electron chi connectivity index (χ3n) is 4.84. The average Bonchev–Trinajstić information content (AvgIpc) is 3.18. The molecule has 2 amide bonds. The summed E-state index contributed by atoms with van der Waals surface area (Å²) in [5, 5.41) is 6.08. The van der Waals surface area contributed by atoms with Crippen molar-refractivity contribution in [2.24, 2.45) is 13.0 Å². The highest BCUT2D eigenvalue weighted by Crippen LogP contribution is 2.30. The predicted octanol–water partition coefficient (Wildman–Crippen LogP) is 4.20. The number of aromatic nitrogens is 2. The van der Waals surface area contributed by atoms with Gasteiger partial charge in [-0.15, -0.1) is 0 Å². The van der Waals surface area contributed by atoms with Gasteiger partial charge in [-0.2, -0.15) is 0 Å². The van der Waals surface area contributed by atoms with E-state index in [0.29, 0.717) is 17.3 Å². The minimum atomic E-state index is -0.575. The smallest absolute Gasteiger partial charge is 0.253 e. The quantitative estimate of drug-likeness (QED) is 0.576. The molecule has 0 bridgehead atoms. The molecule has 0 fully saturated rings. The molecule has 1 heterocycles. The lowest BCUT2D eigenvalue weighted by Crippen LogP contribution is -2.31. The van der Waals surface area contributed by atoms with Crippen molar-refractivity contribution in [1.82, 2.24) is 14.9 Å². The SMILES string of the molecule is COc1ccccc1C(NC(=O)c1cc(NC(=O)C(C)C)ccc1Cl)c1nccn1C. The number of carbonyl (C=O) groups excluding carboxylic acids is 2. The second-order valence-electron chi connectivity index (χ2n) is 7.38. The van der Waals surface area contributed by atoms with Crippen LogP contribution in [0, 0.1) is 5.92 Å². The van der Waals surface area contributed by atoms with Crippen LogP contribution in [-0.4, -0.2) is 28.5 Å². The van der Waals surface area contributed by atoms with Crippen LogP contribution in [0.4, 0.5) is 5.69 Å². The van der Waals surface area contributed by atoms with Crippen LogP contribution >= 0.6 is 11.6 Å². The summed E-state index contributed by atoms with van der Waals surface area (Å²) in [4.78, 5) is 29.7. The first-order valence-corrected chi connectivity index (χ1v) is 10.2. The fourth-order valence-corrected chi connectivity index (χ4v) is 3.32. The molecule has 0 aliphatic heterocycles. The normalized spacial score (nSPS) is 11.8. The number of anilines is 1. The lowest BCUT2D eigenvalue weighted by atomic mass is 10.0. The molecular formula is C23H25ClN4O3. The molecule has 0 aliphatic rings. The van der Waals surface area contributed by atoms with E-state index in [-0.39, 0.29) is 22.4 Å². The first kappa shape index (κ1) is 22.4. The molecule has 2 aromatic carbocycles. The molecule has 8 heteroatoms. The van der Waals surface area contributed by atoms with Gasteiger partial charge in [-0.1, -0.05) is 43.6 Å². The monoisotopic (exact) mass is 440 g/mol. The first-order chi connectivity index (χ1) is 14.8. The number of hydrogen-bond acceptors (Lipinski definition) is 4. The van der Waals surface area contributed by atoms with Crippen LogP contribution in [0.25, 0.3) is 0 Å². The number of amides is 2. The van der Waals surface area contributed by atoms with Crippen molar-refractivity contribution in [3.63, 3.8) is 0 Å². The van der Waals surface area contributed by atoms with Gasteiger partial charge in [0.1, 0.15) is 17.6 Å². The van der Waals surface area contributed by atoms with E-state index < -0.39 is 11.9 Å². The van der Waals surface area contributed by atoms with Gasteiger partial charge in [0.25, 0.3) is 5.91 Å². The Morgan fingerprint density at radius 3 is 2.55 bits per heavy atom. The third kappa shape index (κ3) is 5.06. The van der Waals surface area contributed by atoms with Gasteiger partial charge in [0, 0.05) is 36.6 Å². The predicted molar refractivity (Wildman–Crippen MR) is 120 cm³/mol. The summed E-state index contributed by atoms with van der Waals surface area (Å²) >= 11 is 6.32. The molecule has 162 valence electrons. The zero-order valence-electron chi connectivity index (χ0n) is 17.8. The van der Waals surface area contributed by atoms with Crippen LogP contribution in [0.5, 0.6) is 5.75 Å². The molecule has 3 aromatic rings. The Labute approximate surface area is 186 Å². The van der Waals surface area contributed by atoms with Gasteiger partial charge in [0.05, 0.1) is 17.7 Å². The number of imidazole rings is 1. The van der Waals surface area contributed by atoms with E-state index in [0.717, 1.165) is 5.56 Å². The fourth-order valence-electron chi connectivity index (χ4n) is 3.11. The van der Waals surface area contributed by atoms with Crippen LogP contribution in [0.15, 0.2) is 54.9 Å². The molecule has 1 unspecified atom stereocenters.